The van der Waals surface area contributed by atoms with E-state index in [0.29, 0.717) is 12.5 Å². The van der Waals surface area contributed by atoms with Crippen molar-refractivity contribution in [2.24, 2.45) is 7.05 Å². The summed E-state index contributed by atoms with van der Waals surface area (Å²) in [6.45, 7) is 5.80. The molecule has 0 aliphatic carbocycles. The van der Waals surface area contributed by atoms with E-state index in [1.807, 2.05) is 23.9 Å². The molecule has 0 N–H and O–H groups in total. The van der Waals surface area contributed by atoms with Gasteiger partial charge in [0.1, 0.15) is 12.4 Å². The van der Waals surface area contributed by atoms with Crippen molar-refractivity contribution in [2.45, 2.75) is 38.8 Å². The van der Waals surface area contributed by atoms with Gasteiger partial charge in [-0.15, -0.1) is 15.3 Å². The minimum Gasteiger partial charge on any atom is -0.316 e. The minimum atomic E-state index is 0.473. The lowest BCUT2D eigenvalue weighted by atomic mass is 9.96. The van der Waals surface area contributed by atoms with Gasteiger partial charge >= 0.3 is 0 Å². The van der Waals surface area contributed by atoms with Crippen LogP contribution >= 0.6 is 11.5 Å². The van der Waals surface area contributed by atoms with Gasteiger partial charge < -0.3 is 4.57 Å². The van der Waals surface area contributed by atoms with Crippen molar-refractivity contribution in [3.8, 4) is 0 Å². The third kappa shape index (κ3) is 3.47. The van der Waals surface area contributed by atoms with Crippen LogP contribution in [0, 0.1) is 6.92 Å². The maximum atomic E-state index is 4.47. The van der Waals surface area contributed by atoms with Crippen LogP contribution in [0.5, 0.6) is 0 Å². The van der Waals surface area contributed by atoms with Crippen molar-refractivity contribution < 1.29 is 0 Å². The lowest BCUT2D eigenvalue weighted by Crippen LogP contribution is -2.33. The minimum absolute atomic E-state index is 0.473. The van der Waals surface area contributed by atoms with Gasteiger partial charge in [0.15, 0.2) is 5.82 Å². The molecular formula is C16H22N8S. The average Bonchev–Trinajstić information content (AvgIpc) is 3.34. The zero-order valence-electron chi connectivity index (χ0n) is 14.5. The lowest BCUT2D eigenvalue weighted by molar-refractivity contribution is 0.201. The third-order valence-electron chi connectivity index (χ3n) is 4.93. The quantitative estimate of drug-likeness (QED) is 0.689. The number of hydrogen-bond acceptors (Lipinski definition) is 7. The standard InChI is InChI=1S/C16H22N8S/c1-12-14(25-21-18-12)10-23-8-4-13(5-9-23)16-20-19-15(22(16)2)11-24-7-3-6-17-24/h3,6-7,13H,4-5,8-11H2,1-2H3. The first kappa shape index (κ1) is 16.3. The van der Waals surface area contributed by atoms with E-state index in [2.05, 4.69) is 41.4 Å². The molecule has 4 rings (SSSR count). The molecule has 3 aromatic rings. The Bertz CT molecular complexity index is 813. The van der Waals surface area contributed by atoms with E-state index >= 15 is 0 Å². The molecule has 9 heteroatoms. The number of aryl methyl sites for hydroxylation is 1. The van der Waals surface area contributed by atoms with E-state index in [0.717, 1.165) is 49.8 Å². The fourth-order valence-corrected chi connectivity index (χ4v) is 4.03. The van der Waals surface area contributed by atoms with Gasteiger partial charge in [-0.05, 0) is 50.5 Å². The maximum absolute atomic E-state index is 4.47. The number of nitrogens with zero attached hydrogens (tertiary/aromatic N) is 8. The van der Waals surface area contributed by atoms with Crippen LogP contribution in [0.2, 0.25) is 0 Å². The molecule has 1 fully saturated rings. The summed E-state index contributed by atoms with van der Waals surface area (Å²) >= 11 is 1.51. The Labute approximate surface area is 150 Å². The second-order valence-electron chi connectivity index (χ2n) is 6.57. The monoisotopic (exact) mass is 358 g/mol. The van der Waals surface area contributed by atoms with Crippen LogP contribution < -0.4 is 0 Å². The molecule has 3 aromatic heterocycles. The van der Waals surface area contributed by atoms with Crippen molar-refractivity contribution in [3.05, 3.63) is 40.7 Å². The Kier molecular flexibility index (Phi) is 4.58. The van der Waals surface area contributed by atoms with Crippen LogP contribution in [0.1, 0.15) is 41.0 Å². The molecule has 0 saturated carbocycles. The summed E-state index contributed by atoms with van der Waals surface area (Å²) in [6, 6.07) is 1.92. The fraction of sp³-hybridized carbons (Fsp3) is 0.562. The molecule has 1 aliphatic heterocycles. The Morgan fingerprint density at radius 2 is 2.00 bits per heavy atom. The van der Waals surface area contributed by atoms with Crippen molar-refractivity contribution in [1.29, 1.82) is 0 Å². The highest BCUT2D eigenvalue weighted by Gasteiger charge is 2.25. The topological polar surface area (TPSA) is 77.6 Å². The molecule has 0 spiro atoms. The van der Waals surface area contributed by atoms with Gasteiger partial charge in [-0.25, -0.2) is 0 Å². The molecule has 0 atom stereocenters. The maximum Gasteiger partial charge on any atom is 0.154 e. The predicted octanol–water partition coefficient (Wildman–Crippen LogP) is 1.60. The molecule has 0 unspecified atom stereocenters. The highest BCUT2D eigenvalue weighted by molar-refractivity contribution is 7.05. The second-order valence-corrected chi connectivity index (χ2v) is 7.41. The van der Waals surface area contributed by atoms with Crippen molar-refractivity contribution in [1.82, 2.24) is 39.0 Å². The van der Waals surface area contributed by atoms with Crippen molar-refractivity contribution in [3.63, 3.8) is 0 Å². The summed E-state index contributed by atoms with van der Waals surface area (Å²) in [4.78, 5) is 3.76. The zero-order valence-corrected chi connectivity index (χ0v) is 15.4. The summed E-state index contributed by atoms with van der Waals surface area (Å²) in [5, 5.41) is 17.2. The van der Waals surface area contributed by atoms with E-state index in [-0.39, 0.29) is 0 Å². The van der Waals surface area contributed by atoms with E-state index in [1.165, 1.54) is 16.4 Å². The van der Waals surface area contributed by atoms with E-state index < -0.39 is 0 Å². The summed E-state index contributed by atoms with van der Waals surface area (Å²) in [5.41, 5.74) is 1.06. The molecule has 4 heterocycles. The third-order valence-corrected chi connectivity index (χ3v) is 5.73. The Morgan fingerprint density at radius 1 is 1.16 bits per heavy atom. The Morgan fingerprint density at radius 3 is 2.68 bits per heavy atom. The number of piperidine rings is 1. The molecule has 0 amide bonds. The fourth-order valence-electron chi connectivity index (χ4n) is 3.36. The van der Waals surface area contributed by atoms with Gasteiger partial charge in [0.2, 0.25) is 0 Å². The van der Waals surface area contributed by atoms with Gasteiger partial charge in [-0.1, -0.05) is 4.49 Å². The Balaban J connectivity index is 1.38. The van der Waals surface area contributed by atoms with Crippen LogP contribution in [0.15, 0.2) is 18.5 Å². The van der Waals surface area contributed by atoms with Crippen LogP contribution in [-0.4, -0.2) is 52.1 Å². The lowest BCUT2D eigenvalue weighted by Gasteiger charge is -2.31. The van der Waals surface area contributed by atoms with Gasteiger partial charge in [-0.3, -0.25) is 9.58 Å². The first-order chi connectivity index (χ1) is 12.2. The molecule has 0 radical (unpaired) electrons. The smallest absolute Gasteiger partial charge is 0.154 e. The first-order valence-electron chi connectivity index (χ1n) is 8.56. The van der Waals surface area contributed by atoms with E-state index in [9.17, 15) is 0 Å². The van der Waals surface area contributed by atoms with Crippen molar-refractivity contribution >= 4 is 11.5 Å². The molecule has 0 aromatic carbocycles. The van der Waals surface area contributed by atoms with Gasteiger partial charge in [-0.2, -0.15) is 5.10 Å². The van der Waals surface area contributed by atoms with Crippen LogP contribution in [0.3, 0.4) is 0 Å². The molecule has 132 valence electrons. The van der Waals surface area contributed by atoms with Crippen LogP contribution in [0.4, 0.5) is 0 Å². The zero-order chi connectivity index (χ0) is 17.2. The first-order valence-corrected chi connectivity index (χ1v) is 9.34. The normalized spacial score (nSPS) is 16.6. The molecule has 25 heavy (non-hydrogen) atoms. The average molecular weight is 358 g/mol. The number of likely N-dealkylation sites (tertiary alicyclic amines) is 1. The van der Waals surface area contributed by atoms with E-state index in [4.69, 9.17) is 0 Å². The largest absolute Gasteiger partial charge is 0.316 e. The van der Waals surface area contributed by atoms with Crippen LogP contribution in [0.25, 0.3) is 0 Å². The predicted molar refractivity (Wildman–Crippen MR) is 94.2 cm³/mol. The molecule has 1 saturated heterocycles. The van der Waals surface area contributed by atoms with Gasteiger partial charge in [0.05, 0.1) is 10.6 Å². The summed E-state index contributed by atoms with van der Waals surface area (Å²) in [7, 11) is 2.06. The summed E-state index contributed by atoms with van der Waals surface area (Å²) < 4.78 is 8.05. The SMILES string of the molecule is Cc1nnsc1CN1CCC(c2nnc(Cn3cccn3)n2C)CC1. The van der Waals surface area contributed by atoms with Crippen molar-refractivity contribution in [2.75, 3.05) is 13.1 Å². The Hall–Kier alpha value is -2.13. The molecular weight excluding hydrogens is 336 g/mol. The van der Waals surface area contributed by atoms with E-state index in [1.54, 1.807) is 6.20 Å². The number of hydrogen-bond donors (Lipinski definition) is 0. The summed E-state index contributed by atoms with van der Waals surface area (Å²) in [5.74, 6) is 2.52. The highest BCUT2D eigenvalue weighted by Crippen LogP contribution is 2.28. The van der Waals surface area contributed by atoms with Crippen LogP contribution in [-0.2, 0) is 20.1 Å². The number of rotatable bonds is 5. The molecule has 1 aliphatic rings. The summed E-state index contributed by atoms with van der Waals surface area (Å²) in [6.07, 6.45) is 5.95. The molecule has 0 bridgehead atoms. The molecule has 8 nitrogen and oxygen atoms in total. The second kappa shape index (κ2) is 7.01. The highest BCUT2D eigenvalue weighted by atomic mass is 32.1. The van der Waals surface area contributed by atoms with Gasteiger partial charge in [0, 0.05) is 31.9 Å². The van der Waals surface area contributed by atoms with Gasteiger partial charge in [0.25, 0.3) is 0 Å². The number of aromatic nitrogens is 7.